The quantitative estimate of drug-likeness (QED) is 0.652. The van der Waals surface area contributed by atoms with Crippen molar-refractivity contribution in [2.75, 3.05) is 5.73 Å². The van der Waals surface area contributed by atoms with E-state index in [1.165, 1.54) is 0 Å². The van der Waals surface area contributed by atoms with Crippen molar-refractivity contribution in [1.82, 2.24) is 9.97 Å². The number of fused-ring (bicyclic) bond motifs is 1. The first-order chi connectivity index (χ1) is 9.56. The van der Waals surface area contributed by atoms with Crippen LogP contribution >= 0.6 is 34.8 Å². The van der Waals surface area contributed by atoms with Gasteiger partial charge in [-0.25, -0.2) is 9.97 Å². The van der Waals surface area contributed by atoms with Crippen LogP contribution in [0.1, 0.15) is 0 Å². The first-order valence-electron chi connectivity index (χ1n) is 5.72. The number of nitrogens with zero attached hydrogens (tertiary/aromatic N) is 2. The molecule has 0 aliphatic carbocycles. The molecule has 2 N–H and O–H groups in total. The van der Waals surface area contributed by atoms with Gasteiger partial charge in [0.2, 0.25) is 0 Å². The maximum absolute atomic E-state index is 6.21. The van der Waals surface area contributed by atoms with Gasteiger partial charge in [-0.2, -0.15) is 0 Å². The molecule has 0 radical (unpaired) electrons. The third-order valence-electron chi connectivity index (χ3n) is 2.93. The predicted molar refractivity (Wildman–Crippen MR) is 84.4 cm³/mol. The second-order valence-corrected chi connectivity index (χ2v) is 5.42. The van der Waals surface area contributed by atoms with E-state index >= 15 is 0 Å². The van der Waals surface area contributed by atoms with Crippen LogP contribution in [0.2, 0.25) is 15.2 Å². The van der Waals surface area contributed by atoms with E-state index in [9.17, 15) is 0 Å². The molecule has 2 aromatic heterocycles. The van der Waals surface area contributed by atoms with E-state index < -0.39 is 0 Å². The van der Waals surface area contributed by atoms with Crippen LogP contribution in [0.5, 0.6) is 0 Å². The van der Waals surface area contributed by atoms with Crippen molar-refractivity contribution in [3.63, 3.8) is 0 Å². The fraction of sp³-hybridized carbons (Fsp3) is 0. The molecule has 0 atom stereocenters. The van der Waals surface area contributed by atoms with Crippen molar-refractivity contribution in [2.24, 2.45) is 0 Å². The van der Waals surface area contributed by atoms with Gasteiger partial charge in [0.05, 0.1) is 15.6 Å². The van der Waals surface area contributed by atoms with E-state index in [4.69, 9.17) is 40.5 Å². The van der Waals surface area contributed by atoms with E-state index in [1.807, 2.05) is 6.07 Å². The molecule has 6 heteroatoms. The molecule has 20 heavy (non-hydrogen) atoms. The summed E-state index contributed by atoms with van der Waals surface area (Å²) in [5.41, 5.74) is 8.03. The van der Waals surface area contributed by atoms with Crippen LogP contribution in [0.4, 0.5) is 5.82 Å². The Kier molecular flexibility index (Phi) is 3.42. The molecule has 0 saturated heterocycles. The molecule has 0 saturated carbocycles. The van der Waals surface area contributed by atoms with Gasteiger partial charge in [0.1, 0.15) is 11.0 Å². The van der Waals surface area contributed by atoms with E-state index in [2.05, 4.69) is 9.97 Å². The minimum absolute atomic E-state index is 0.342. The van der Waals surface area contributed by atoms with Gasteiger partial charge < -0.3 is 5.73 Å². The first kappa shape index (κ1) is 13.4. The molecular formula is C14H8Cl3N3. The zero-order valence-corrected chi connectivity index (χ0v) is 12.3. The number of pyridine rings is 2. The highest BCUT2D eigenvalue weighted by Crippen LogP contribution is 2.38. The lowest BCUT2D eigenvalue weighted by Gasteiger charge is -2.10. The highest BCUT2D eigenvalue weighted by atomic mass is 35.5. The molecular weight excluding hydrogens is 317 g/mol. The summed E-state index contributed by atoms with van der Waals surface area (Å²) in [6.45, 7) is 0. The minimum Gasteiger partial charge on any atom is -0.383 e. The van der Waals surface area contributed by atoms with Crippen LogP contribution in [0.3, 0.4) is 0 Å². The second-order valence-electron chi connectivity index (χ2n) is 4.22. The molecule has 0 fully saturated rings. The SMILES string of the molecule is Nc1nc2cc(Cl)ncc2cc1-c1c(Cl)cccc1Cl. The summed E-state index contributed by atoms with van der Waals surface area (Å²) < 4.78 is 0. The topological polar surface area (TPSA) is 51.8 Å². The Morgan fingerprint density at radius 1 is 1.00 bits per heavy atom. The lowest BCUT2D eigenvalue weighted by atomic mass is 10.0. The summed E-state index contributed by atoms with van der Waals surface area (Å²) in [7, 11) is 0. The number of aromatic nitrogens is 2. The van der Waals surface area contributed by atoms with Gasteiger partial charge in [-0.3, -0.25) is 0 Å². The normalized spacial score (nSPS) is 10.9. The van der Waals surface area contributed by atoms with Gasteiger partial charge >= 0.3 is 0 Å². The van der Waals surface area contributed by atoms with Crippen molar-refractivity contribution in [1.29, 1.82) is 0 Å². The third-order valence-corrected chi connectivity index (χ3v) is 3.76. The van der Waals surface area contributed by atoms with Crippen LogP contribution in [0, 0.1) is 0 Å². The van der Waals surface area contributed by atoms with Crippen molar-refractivity contribution in [3.05, 3.63) is 51.7 Å². The summed E-state index contributed by atoms with van der Waals surface area (Å²) in [5, 5.41) is 2.22. The van der Waals surface area contributed by atoms with Crippen LogP contribution in [-0.4, -0.2) is 9.97 Å². The highest BCUT2D eigenvalue weighted by molar-refractivity contribution is 6.39. The lowest BCUT2D eigenvalue weighted by molar-refractivity contribution is 1.33. The molecule has 100 valence electrons. The van der Waals surface area contributed by atoms with Gasteiger partial charge in [0, 0.05) is 28.8 Å². The second kappa shape index (κ2) is 5.09. The maximum Gasteiger partial charge on any atom is 0.132 e. The largest absolute Gasteiger partial charge is 0.383 e. The Bertz CT molecular complexity index is 798. The minimum atomic E-state index is 0.342. The molecule has 0 spiro atoms. The fourth-order valence-corrected chi connectivity index (χ4v) is 2.77. The average Bonchev–Trinajstić information content (AvgIpc) is 2.39. The predicted octanol–water partition coefficient (Wildman–Crippen LogP) is 4.84. The summed E-state index contributed by atoms with van der Waals surface area (Å²) in [6.07, 6.45) is 1.64. The van der Waals surface area contributed by atoms with E-state index in [1.54, 1.807) is 30.5 Å². The third kappa shape index (κ3) is 2.29. The Labute approximate surface area is 130 Å². The van der Waals surface area contributed by atoms with Crippen molar-refractivity contribution >= 4 is 51.5 Å². The number of hydrogen-bond acceptors (Lipinski definition) is 3. The average molecular weight is 325 g/mol. The maximum atomic E-state index is 6.21. The summed E-state index contributed by atoms with van der Waals surface area (Å²) in [5.74, 6) is 0.342. The molecule has 1 aromatic carbocycles. The number of anilines is 1. The molecule has 0 unspecified atom stereocenters. The van der Waals surface area contributed by atoms with E-state index in [0.29, 0.717) is 37.7 Å². The summed E-state index contributed by atoms with van der Waals surface area (Å²) in [6, 6.07) is 8.80. The number of nitrogen functional groups attached to an aromatic ring is 1. The molecule has 0 aliphatic heterocycles. The van der Waals surface area contributed by atoms with E-state index in [0.717, 1.165) is 5.39 Å². The molecule has 0 aliphatic rings. The number of rotatable bonds is 1. The number of halogens is 3. The molecule has 3 aromatic rings. The van der Waals surface area contributed by atoms with Crippen molar-refractivity contribution in [3.8, 4) is 11.1 Å². The Balaban J connectivity index is 2.32. The van der Waals surface area contributed by atoms with Crippen LogP contribution in [0.15, 0.2) is 36.5 Å². The summed E-state index contributed by atoms with van der Waals surface area (Å²) in [4.78, 5) is 8.37. The van der Waals surface area contributed by atoms with Gasteiger partial charge in [0.15, 0.2) is 0 Å². The van der Waals surface area contributed by atoms with Crippen LogP contribution < -0.4 is 5.73 Å². The van der Waals surface area contributed by atoms with Crippen molar-refractivity contribution in [2.45, 2.75) is 0 Å². The Hall–Kier alpha value is -1.55. The Morgan fingerprint density at radius 2 is 1.70 bits per heavy atom. The number of nitrogens with two attached hydrogens (primary N) is 1. The number of benzene rings is 1. The van der Waals surface area contributed by atoms with Crippen LogP contribution in [-0.2, 0) is 0 Å². The zero-order chi connectivity index (χ0) is 14.3. The standard InChI is InChI=1S/C14H8Cl3N3/c15-9-2-1-3-10(16)13(9)8-4-7-6-19-12(17)5-11(7)20-14(8)18/h1-6H,(H2,18,20). The monoisotopic (exact) mass is 323 g/mol. The highest BCUT2D eigenvalue weighted by Gasteiger charge is 2.13. The van der Waals surface area contributed by atoms with Gasteiger partial charge in [-0.1, -0.05) is 40.9 Å². The molecule has 0 amide bonds. The smallest absolute Gasteiger partial charge is 0.132 e. The first-order valence-corrected chi connectivity index (χ1v) is 6.86. The zero-order valence-electron chi connectivity index (χ0n) is 10.1. The fourth-order valence-electron chi connectivity index (χ4n) is 2.01. The molecule has 3 rings (SSSR count). The van der Waals surface area contributed by atoms with E-state index in [-0.39, 0.29) is 0 Å². The van der Waals surface area contributed by atoms with Crippen molar-refractivity contribution < 1.29 is 0 Å². The van der Waals surface area contributed by atoms with Gasteiger partial charge in [-0.05, 0) is 18.2 Å². The Morgan fingerprint density at radius 3 is 2.40 bits per heavy atom. The van der Waals surface area contributed by atoms with Gasteiger partial charge in [0.25, 0.3) is 0 Å². The summed E-state index contributed by atoms with van der Waals surface area (Å²) >= 11 is 18.3. The molecule has 0 bridgehead atoms. The van der Waals surface area contributed by atoms with Gasteiger partial charge in [-0.15, -0.1) is 0 Å². The van der Waals surface area contributed by atoms with Crippen LogP contribution in [0.25, 0.3) is 22.0 Å². The number of hydrogen-bond donors (Lipinski definition) is 1. The molecule has 3 nitrogen and oxygen atoms in total. The lowest BCUT2D eigenvalue weighted by Crippen LogP contribution is -1.96. The molecule has 2 heterocycles.